The number of carbonyl (C=O) groups excluding carboxylic acids is 1. The number of likely N-dealkylation sites (tertiary alicyclic amines) is 1. The first kappa shape index (κ1) is 15.1. The summed E-state index contributed by atoms with van der Waals surface area (Å²) in [7, 11) is 2.24. The molecule has 5 aliphatic rings. The molecule has 5 rings (SSSR count). The number of hydrogen-bond acceptors (Lipinski definition) is 3. The molecule has 3 nitrogen and oxygen atoms in total. The second kappa shape index (κ2) is 5.59. The lowest BCUT2D eigenvalue weighted by Crippen LogP contribution is -2.64. The van der Waals surface area contributed by atoms with Gasteiger partial charge >= 0.3 is 0 Å². The maximum atomic E-state index is 12.6. The Labute approximate surface area is 135 Å². The van der Waals surface area contributed by atoms with Crippen LogP contribution in [0, 0.1) is 29.1 Å². The molecule has 0 amide bonds. The molecule has 124 valence electrons. The number of carbonyl (C=O) groups is 1. The Morgan fingerprint density at radius 2 is 1.95 bits per heavy atom. The van der Waals surface area contributed by atoms with Crippen LogP contribution < -0.4 is 5.32 Å². The fourth-order valence-electron chi connectivity index (χ4n) is 6.64. The minimum atomic E-state index is -0.00464. The van der Waals surface area contributed by atoms with Crippen molar-refractivity contribution in [2.45, 2.75) is 57.9 Å². The highest BCUT2D eigenvalue weighted by molar-refractivity contribution is 5.84. The number of ketones is 1. The van der Waals surface area contributed by atoms with Crippen LogP contribution in [0.5, 0.6) is 0 Å². The molecule has 0 aromatic heterocycles. The third-order valence-electron chi connectivity index (χ3n) is 7.36. The van der Waals surface area contributed by atoms with Gasteiger partial charge in [0.2, 0.25) is 0 Å². The minimum Gasteiger partial charge on any atom is -0.312 e. The number of hydrogen-bond donors (Lipinski definition) is 1. The van der Waals surface area contributed by atoms with Crippen LogP contribution in [0.3, 0.4) is 0 Å². The lowest BCUT2D eigenvalue weighted by Gasteiger charge is -2.60. The summed E-state index contributed by atoms with van der Waals surface area (Å²) in [5, 5.41) is 3.93. The van der Waals surface area contributed by atoms with Crippen LogP contribution in [0.4, 0.5) is 0 Å². The van der Waals surface area contributed by atoms with Gasteiger partial charge in [-0.2, -0.15) is 0 Å². The molecule has 4 unspecified atom stereocenters. The van der Waals surface area contributed by atoms with Crippen molar-refractivity contribution in [3.05, 3.63) is 0 Å². The Hall–Kier alpha value is -0.410. The van der Waals surface area contributed by atoms with E-state index in [9.17, 15) is 4.79 Å². The second-order valence-corrected chi connectivity index (χ2v) is 8.98. The number of piperidine rings is 1. The van der Waals surface area contributed by atoms with E-state index in [2.05, 4.69) is 17.3 Å². The topological polar surface area (TPSA) is 32.3 Å². The van der Waals surface area contributed by atoms with Gasteiger partial charge in [0.05, 0.1) is 0 Å². The minimum absolute atomic E-state index is 0.00464. The van der Waals surface area contributed by atoms with Crippen molar-refractivity contribution < 1.29 is 4.79 Å². The SMILES string of the molecule is CC(=O)C12CC3CC(CC(C3)C1NCC1CCCN(C)C1)C2. The van der Waals surface area contributed by atoms with Gasteiger partial charge in [-0.25, -0.2) is 0 Å². The molecule has 1 saturated heterocycles. The van der Waals surface area contributed by atoms with Crippen molar-refractivity contribution >= 4 is 5.78 Å². The molecule has 0 spiro atoms. The Bertz CT molecular complexity index is 435. The zero-order valence-corrected chi connectivity index (χ0v) is 14.3. The Morgan fingerprint density at radius 3 is 2.59 bits per heavy atom. The van der Waals surface area contributed by atoms with Crippen LogP contribution in [0.25, 0.3) is 0 Å². The van der Waals surface area contributed by atoms with Gasteiger partial charge in [-0.3, -0.25) is 4.79 Å². The smallest absolute Gasteiger partial charge is 0.137 e. The van der Waals surface area contributed by atoms with Crippen LogP contribution in [0.1, 0.15) is 51.9 Å². The monoisotopic (exact) mass is 304 g/mol. The van der Waals surface area contributed by atoms with E-state index in [4.69, 9.17) is 0 Å². The van der Waals surface area contributed by atoms with Gasteiger partial charge in [-0.05, 0) is 95.7 Å². The number of Topliss-reactive ketones (excluding diaryl/α,β-unsaturated/α-hetero) is 1. The summed E-state index contributed by atoms with van der Waals surface area (Å²) in [6.45, 7) is 5.47. The predicted octanol–water partition coefficient (Wildman–Crippen LogP) is 2.70. The van der Waals surface area contributed by atoms with Crippen LogP contribution in [-0.4, -0.2) is 43.4 Å². The molecular weight excluding hydrogens is 272 g/mol. The highest BCUT2D eigenvalue weighted by atomic mass is 16.1. The molecule has 1 heterocycles. The van der Waals surface area contributed by atoms with E-state index >= 15 is 0 Å². The predicted molar refractivity (Wildman–Crippen MR) is 88.7 cm³/mol. The third kappa shape index (κ3) is 2.45. The zero-order chi connectivity index (χ0) is 15.3. The highest BCUT2D eigenvalue weighted by Gasteiger charge is 2.59. The fraction of sp³-hybridized carbons (Fsp3) is 0.947. The van der Waals surface area contributed by atoms with Gasteiger partial charge in [-0.1, -0.05) is 0 Å². The van der Waals surface area contributed by atoms with E-state index in [1.165, 1.54) is 58.0 Å². The molecule has 4 atom stereocenters. The average molecular weight is 304 g/mol. The van der Waals surface area contributed by atoms with E-state index in [0.717, 1.165) is 30.2 Å². The summed E-state index contributed by atoms with van der Waals surface area (Å²) in [5.41, 5.74) is -0.00464. The summed E-state index contributed by atoms with van der Waals surface area (Å²) < 4.78 is 0. The Morgan fingerprint density at radius 1 is 1.23 bits per heavy atom. The normalized spacial score (nSPS) is 47.8. The van der Waals surface area contributed by atoms with E-state index in [1.54, 1.807) is 0 Å². The first-order chi connectivity index (χ1) is 10.6. The summed E-state index contributed by atoms with van der Waals surface area (Å²) in [6, 6.07) is 0.477. The summed E-state index contributed by atoms with van der Waals surface area (Å²) in [6.07, 6.45) is 9.22. The summed E-state index contributed by atoms with van der Waals surface area (Å²) in [5.74, 6) is 3.72. The van der Waals surface area contributed by atoms with Gasteiger partial charge < -0.3 is 10.2 Å². The molecule has 1 aliphatic heterocycles. The first-order valence-electron chi connectivity index (χ1n) is 9.50. The molecule has 5 fully saturated rings. The lowest BCUT2D eigenvalue weighted by atomic mass is 9.46. The number of nitrogens with one attached hydrogen (secondary N) is 1. The molecule has 0 radical (unpaired) electrons. The van der Waals surface area contributed by atoms with Crippen LogP contribution in [0.2, 0.25) is 0 Å². The Kier molecular flexibility index (Phi) is 3.85. The van der Waals surface area contributed by atoms with Gasteiger partial charge in [0, 0.05) is 18.0 Å². The molecule has 0 aromatic rings. The molecule has 0 aromatic carbocycles. The summed E-state index contributed by atoms with van der Waals surface area (Å²) in [4.78, 5) is 15.0. The Balaban J connectivity index is 1.46. The third-order valence-corrected chi connectivity index (χ3v) is 7.36. The van der Waals surface area contributed by atoms with Crippen LogP contribution in [0.15, 0.2) is 0 Å². The van der Waals surface area contributed by atoms with Crippen molar-refractivity contribution in [1.29, 1.82) is 0 Å². The lowest BCUT2D eigenvalue weighted by molar-refractivity contribution is -0.148. The fourth-order valence-corrected chi connectivity index (χ4v) is 6.64. The number of rotatable bonds is 4. The number of nitrogens with zero attached hydrogens (tertiary/aromatic N) is 1. The maximum Gasteiger partial charge on any atom is 0.137 e. The first-order valence-corrected chi connectivity index (χ1v) is 9.50. The standard InChI is InChI=1S/C19H32N2O/c1-13(22)19-9-15-6-16(10-19)8-17(7-15)18(19)20-11-14-4-3-5-21(2)12-14/h14-18,20H,3-12H2,1-2H3. The van der Waals surface area contributed by atoms with Gasteiger partial charge in [-0.15, -0.1) is 0 Å². The van der Waals surface area contributed by atoms with E-state index in [1.807, 2.05) is 6.92 Å². The van der Waals surface area contributed by atoms with Crippen molar-refractivity contribution in [2.24, 2.45) is 29.1 Å². The molecular formula is C19H32N2O. The highest BCUT2D eigenvalue weighted by Crippen LogP contribution is 2.60. The molecule has 3 heteroatoms. The van der Waals surface area contributed by atoms with Gasteiger partial charge in [0.25, 0.3) is 0 Å². The summed E-state index contributed by atoms with van der Waals surface area (Å²) >= 11 is 0. The van der Waals surface area contributed by atoms with Crippen molar-refractivity contribution in [3.8, 4) is 0 Å². The molecule has 1 N–H and O–H groups in total. The largest absolute Gasteiger partial charge is 0.312 e. The average Bonchev–Trinajstić information content (AvgIpc) is 2.45. The molecule has 4 bridgehead atoms. The van der Waals surface area contributed by atoms with E-state index in [-0.39, 0.29) is 5.41 Å². The quantitative estimate of drug-likeness (QED) is 0.867. The van der Waals surface area contributed by atoms with Crippen molar-refractivity contribution in [3.63, 3.8) is 0 Å². The molecule has 4 aliphatic carbocycles. The zero-order valence-electron chi connectivity index (χ0n) is 14.3. The van der Waals surface area contributed by atoms with Gasteiger partial charge in [0.1, 0.15) is 5.78 Å². The van der Waals surface area contributed by atoms with Crippen LogP contribution >= 0.6 is 0 Å². The van der Waals surface area contributed by atoms with Crippen LogP contribution in [-0.2, 0) is 4.79 Å². The second-order valence-electron chi connectivity index (χ2n) is 8.98. The molecule has 22 heavy (non-hydrogen) atoms. The van der Waals surface area contributed by atoms with Crippen molar-refractivity contribution in [1.82, 2.24) is 10.2 Å². The maximum absolute atomic E-state index is 12.6. The van der Waals surface area contributed by atoms with Crippen molar-refractivity contribution in [2.75, 3.05) is 26.7 Å². The van der Waals surface area contributed by atoms with E-state index in [0.29, 0.717) is 11.8 Å². The van der Waals surface area contributed by atoms with Gasteiger partial charge in [0.15, 0.2) is 0 Å². The molecule has 4 saturated carbocycles. The van der Waals surface area contributed by atoms with E-state index < -0.39 is 0 Å².